The largest absolute Gasteiger partial charge is 0.481 e. The number of carboxylic acid groups (broad SMARTS) is 1. The van der Waals surface area contributed by atoms with Gasteiger partial charge in [0.25, 0.3) is 0 Å². The van der Waals surface area contributed by atoms with Crippen LogP contribution in [0.2, 0.25) is 0 Å². The molecular weight excluding hydrogens is 258 g/mol. The molecule has 1 saturated carbocycles. The molecule has 1 aliphatic carbocycles. The van der Waals surface area contributed by atoms with Crippen molar-refractivity contribution in [2.24, 2.45) is 5.41 Å². The summed E-state index contributed by atoms with van der Waals surface area (Å²) in [5.41, 5.74) is -0.131. The van der Waals surface area contributed by atoms with Crippen molar-refractivity contribution in [2.45, 2.75) is 39.0 Å². The van der Waals surface area contributed by atoms with Gasteiger partial charge in [-0.05, 0) is 24.7 Å². The maximum Gasteiger partial charge on any atom is 0.303 e. The first-order valence-corrected chi connectivity index (χ1v) is 7.04. The highest BCUT2D eigenvalue weighted by Gasteiger charge is 2.38. The number of carbonyl (C=O) groups is 1. The fourth-order valence-electron chi connectivity index (χ4n) is 2.40. The van der Waals surface area contributed by atoms with Crippen molar-refractivity contribution >= 4 is 11.8 Å². The smallest absolute Gasteiger partial charge is 0.303 e. The van der Waals surface area contributed by atoms with Crippen LogP contribution in [-0.4, -0.2) is 34.2 Å². The molecule has 6 heteroatoms. The number of nitrogens with zero attached hydrogens (tertiary/aromatic N) is 2. The SMILES string of the molecule is CCCOc1cncc(NCC2(CC(=O)O)CCC2)n1. The standard InChI is InChI=1S/C14H21N3O3/c1-2-6-20-12-9-15-8-11(17-12)16-10-14(4-3-5-14)7-13(18)19/h8-9H,2-7,10H2,1H3,(H,16,17)(H,18,19). The van der Waals surface area contributed by atoms with Crippen LogP contribution < -0.4 is 10.1 Å². The van der Waals surface area contributed by atoms with E-state index in [0.717, 1.165) is 25.7 Å². The Morgan fingerprint density at radius 2 is 2.30 bits per heavy atom. The molecule has 0 spiro atoms. The molecule has 0 aliphatic heterocycles. The molecule has 0 saturated heterocycles. The van der Waals surface area contributed by atoms with E-state index in [0.29, 0.717) is 24.8 Å². The van der Waals surface area contributed by atoms with Crippen molar-refractivity contribution in [1.29, 1.82) is 0 Å². The molecule has 0 unspecified atom stereocenters. The maximum atomic E-state index is 10.9. The summed E-state index contributed by atoms with van der Waals surface area (Å²) < 4.78 is 5.42. The summed E-state index contributed by atoms with van der Waals surface area (Å²) >= 11 is 0. The number of nitrogens with one attached hydrogen (secondary N) is 1. The number of aromatic nitrogens is 2. The van der Waals surface area contributed by atoms with Crippen LogP contribution in [0, 0.1) is 5.41 Å². The van der Waals surface area contributed by atoms with E-state index in [1.54, 1.807) is 12.4 Å². The maximum absolute atomic E-state index is 10.9. The fraction of sp³-hybridized carbons (Fsp3) is 0.643. The first-order valence-electron chi connectivity index (χ1n) is 7.04. The Morgan fingerprint density at radius 1 is 1.50 bits per heavy atom. The molecule has 110 valence electrons. The molecule has 2 rings (SSSR count). The topological polar surface area (TPSA) is 84.3 Å². The molecule has 6 nitrogen and oxygen atoms in total. The van der Waals surface area contributed by atoms with Gasteiger partial charge in [0.05, 0.1) is 25.4 Å². The van der Waals surface area contributed by atoms with Crippen LogP contribution in [0.4, 0.5) is 5.82 Å². The van der Waals surface area contributed by atoms with E-state index in [-0.39, 0.29) is 11.8 Å². The summed E-state index contributed by atoms with van der Waals surface area (Å²) in [7, 11) is 0. The second-order valence-corrected chi connectivity index (χ2v) is 5.37. The molecule has 0 aromatic carbocycles. The summed E-state index contributed by atoms with van der Waals surface area (Å²) in [6, 6.07) is 0. The van der Waals surface area contributed by atoms with Gasteiger partial charge in [-0.25, -0.2) is 0 Å². The summed E-state index contributed by atoms with van der Waals surface area (Å²) in [6.07, 6.45) is 7.33. The van der Waals surface area contributed by atoms with Gasteiger partial charge in [0, 0.05) is 6.54 Å². The van der Waals surface area contributed by atoms with Gasteiger partial charge in [-0.2, -0.15) is 4.98 Å². The van der Waals surface area contributed by atoms with E-state index in [1.807, 2.05) is 6.92 Å². The minimum Gasteiger partial charge on any atom is -0.481 e. The van der Waals surface area contributed by atoms with Gasteiger partial charge in [0.1, 0.15) is 5.82 Å². The van der Waals surface area contributed by atoms with E-state index in [2.05, 4.69) is 15.3 Å². The summed E-state index contributed by atoms with van der Waals surface area (Å²) in [5, 5.41) is 12.2. The van der Waals surface area contributed by atoms with Crippen molar-refractivity contribution in [3.8, 4) is 5.88 Å². The van der Waals surface area contributed by atoms with E-state index < -0.39 is 5.97 Å². The minimum absolute atomic E-state index is 0.131. The molecule has 1 heterocycles. The van der Waals surface area contributed by atoms with Crippen LogP contribution in [0.3, 0.4) is 0 Å². The van der Waals surface area contributed by atoms with Gasteiger partial charge in [-0.1, -0.05) is 13.3 Å². The summed E-state index contributed by atoms with van der Waals surface area (Å²) in [6.45, 7) is 3.26. The molecule has 1 aromatic heterocycles. The number of carboxylic acids is 1. The molecule has 1 aliphatic rings. The molecule has 0 radical (unpaired) electrons. The molecule has 0 bridgehead atoms. The van der Waals surface area contributed by atoms with Gasteiger partial charge in [-0.15, -0.1) is 0 Å². The fourth-order valence-corrected chi connectivity index (χ4v) is 2.40. The van der Waals surface area contributed by atoms with Gasteiger partial charge in [0.2, 0.25) is 5.88 Å². The number of hydrogen-bond acceptors (Lipinski definition) is 5. The first-order chi connectivity index (χ1) is 9.63. The van der Waals surface area contributed by atoms with E-state index in [9.17, 15) is 4.79 Å². The zero-order valence-corrected chi connectivity index (χ0v) is 11.8. The summed E-state index contributed by atoms with van der Waals surface area (Å²) in [5.74, 6) is 0.394. The molecule has 1 aromatic rings. The Balaban J connectivity index is 1.91. The number of aliphatic carboxylic acids is 1. The Hall–Kier alpha value is -1.85. The molecule has 0 amide bonds. The molecule has 1 fully saturated rings. The predicted octanol–water partition coefficient (Wildman–Crippen LogP) is 2.32. The molecule has 2 N–H and O–H groups in total. The first kappa shape index (κ1) is 14.6. The van der Waals surface area contributed by atoms with Crippen LogP contribution in [0.25, 0.3) is 0 Å². The van der Waals surface area contributed by atoms with Crippen molar-refractivity contribution in [1.82, 2.24) is 9.97 Å². The van der Waals surface area contributed by atoms with Gasteiger partial charge in [-0.3, -0.25) is 9.78 Å². The van der Waals surface area contributed by atoms with Gasteiger partial charge >= 0.3 is 5.97 Å². The summed E-state index contributed by atoms with van der Waals surface area (Å²) in [4.78, 5) is 19.3. The van der Waals surface area contributed by atoms with Crippen LogP contribution in [-0.2, 0) is 4.79 Å². The Morgan fingerprint density at radius 3 is 2.90 bits per heavy atom. The monoisotopic (exact) mass is 279 g/mol. The second-order valence-electron chi connectivity index (χ2n) is 5.37. The number of rotatable bonds is 8. The Labute approximate surface area is 118 Å². The highest BCUT2D eigenvalue weighted by atomic mass is 16.5. The Kier molecular flexibility index (Phi) is 4.76. The van der Waals surface area contributed by atoms with E-state index in [1.165, 1.54) is 0 Å². The second kappa shape index (κ2) is 6.54. The zero-order valence-electron chi connectivity index (χ0n) is 11.8. The quantitative estimate of drug-likeness (QED) is 0.759. The van der Waals surface area contributed by atoms with Crippen LogP contribution in [0.5, 0.6) is 5.88 Å². The lowest BCUT2D eigenvalue weighted by atomic mass is 9.66. The van der Waals surface area contributed by atoms with Crippen LogP contribution in [0.15, 0.2) is 12.4 Å². The highest BCUT2D eigenvalue weighted by molar-refractivity contribution is 5.68. The van der Waals surface area contributed by atoms with Gasteiger partial charge < -0.3 is 15.2 Å². The lowest BCUT2D eigenvalue weighted by molar-refractivity contribution is -0.141. The van der Waals surface area contributed by atoms with Crippen LogP contribution in [0.1, 0.15) is 39.0 Å². The van der Waals surface area contributed by atoms with Crippen molar-refractivity contribution in [2.75, 3.05) is 18.5 Å². The number of ether oxygens (including phenoxy) is 1. The van der Waals surface area contributed by atoms with Crippen molar-refractivity contribution in [3.05, 3.63) is 12.4 Å². The van der Waals surface area contributed by atoms with Gasteiger partial charge in [0.15, 0.2) is 0 Å². The lowest BCUT2D eigenvalue weighted by Crippen LogP contribution is -2.38. The third-order valence-corrected chi connectivity index (χ3v) is 3.65. The average Bonchev–Trinajstić information content (AvgIpc) is 2.39. The molecule has 20 heavy (non-hydrogen) atoms. The van der Waals surface area contributed by atoms with Crippen LogP contribution >= 0.6 is 0 Å². The van der Waals surface area contributed by atoms with E-state index in [4.69, 9.17) is 9.84 Å². The van der Waals surface area contributed by atoms with Crippen molar-refractivity contribution in [3.63, 3.8) is 0 Å². The van der Waals surface area contributed by atoms with E-state index >= 15 is 0 Å². The predicted molar refractivity (Wildman–Crippen MR) is 74.8 cm³/mol. The molecular formula is C14H21N3O3. The zero-order chi connectivity index (χ0) is 14.4. The average molecular weight is 279 g/mol. The minimum atomic E-state index is -0.738. The number of anilines is 1. The third kappa shape index (κ3) is 3.82. The van der Waals surface area contributed by atoms with Crippen molar-refractivity contribution < 1.29 is 14.6 Å². The third-order valence-electron chi connectivity index (χ3n) is 3.65. The molecule has 0 atom stereocenters. The Bertz CT molecular complexity index is 461. The highest BCUT2D eigenvalue weighted by Crippen LogP contribution is 2.43. The lowest BCUT2D eigenvalue weighted by Gasteiger charge is -2.40. The number of hydrogen-bond donors (Lipinski definition) is 2. The normalized spacial score (nSPS) is 16.2.